The van der Waals surface area contributed by atoms with E-state index in [0.29, 0.717) is 10.5 Å². The summed E-state index contributed by atoms with van der Waals surface area (Å²) in [4.78, 5) is 50.6. The molecule has 2 rings (SSSR count). The van der Waals surface area contributed by atoms with Gasteiger partial charge in [0.25, 0.3) is 0 Å². The molecule has 0 N–H and O–H groups in total. The molecule has 1 fully saturated rings. The summed E-state index contributed by atoms with van der Waals surface area (Å²) in [5.41, 5.74) is 0.706. The third kappa shape index (κ3) is 3.12. The molecule has 1 atom stereocenters. The number of benzene rings is 1. The van der Waals surface area contributed by atoms with Crippen molar-refractivity contribution in [2.45, 2.75) is 19.9 Å². The summed E-state index contributed by atoms with van der Waals surface area (Å²) in [6.07, 6.45) is 0. The van der Waals surface area contributed by atoms with E-state index in [4.69, 9.17) is 0 Å². The largest absolute Gasteiger partial charge is 0.337 e. The number of carbonyl (C=O) groups excluding carboxylic acids is 4. The molecule has 8 heteroatoms. The Hall–Kier alpha value is -2.77. The standard InChI is InChI=1S/C16H18FN3O4/c1-4-19-14(22)15(23)20(16(19)24)9-13(21)18(3)10(2)11-5-7-12(17)8-6-11/h5-8,10H,4,9H2,1-3H3/t10-/m1/s1. The SMILES string of the molecule is CCN1C(=O)C(=O)N(CC(=O)N(C)[C@H](C)c2ccc(F)cc2)C1=O. The number of hydrogen-bond acceptors (Lipinski definition) is 4. The molecule has 0 radical (unpaired) electrons. The van der Waals surface area contributed by atoms with Gasteiger partial charge in [-0.15, -0.1) is 0 Å². The Morgan fingerprint density at radius 2 is 1.67 bits per heavy atom. The minimum atomic E-state index is -1.00. The van der Waals surface area contributed by atoms with Crippen LogP contribution in [0.1, 0.15) is 25.5 Å². The van der Waals surface area contributed by atoms with Gasteiger partial charge in [-0.05, 0) is 31.5 Å². The Labute approximate surface area is 138 Å². The van der Waals surface area contributed by atoms with Gasteiger partial charge >= 0.3 is 17.8 Å². The van der Waals surface area contributed by atoms with E-state index in [-0.39, 0.29) is 18.4 Å². The quantitative estimate of drug-likeness (QED) is 0.597. The van der Waals surface area contributed by atoms with E-state index < -0.39 is 30.3 Å². The topological polar surface area (TPSA) is 78.0 Å². The van der Waals surface area contributed by atoms with Crippen LogP contribution in [0.3, 0.4) is 0 Å². The van der Waals surface area contributed by atoms with Crippen LogP contribution in [-0.4, -0.2) is 58.6 Å². The van der Waals surface area contributed by atoms with Crippen molar-refractivity contribution >= 4 is 23.8 Å². The zero-order chi connectivity index (χ0) is 18.0. The highest BCUT2D eigenvalue weighted by molar-refractivity contribution is 6.45. The first-order valence-corrected chi connectivity index (χ1v) is 7.46. The maximum atomic E-state index is 13.0. The lowest BCUT2D eigenvalue weighted by Gasteiger charge is -2.26. The van der Waals surface area contributed by atoms with Crippen LogP contribution in [0.15, 0.2) is 24.3 Å². The van der Waals surface area contributed by atoms with Gasteiger partial charge in [0, 0.05) is 13.6 Å². The first-order chi connectivity index (χ1) is 11.3. The zero-order valence-electron chi connectivity index (χ0n) is 13.7. The number of amides is 5. The number of urea groups is 1. The van der Waals surface area contributed by atoms with E-state index >= 15 is 0 Å². The molecule has 7 nitrogen and oxygen atoms in total. The van der Waals surface area contributed by atoms with Crippen molar-refractivity contribution in [3.8, 4) is 0 Å². The van der Waals surface area contributed by atoms with Crippen molar-refractivity contribution in [2.24, 2.45) is 0 Å². The molecule has 0 spiro atoms. The summed E-state index contributed by atoms with van der Waals surface area (Å²) in [6, 6.07) is 4.51. The van der Waals surface area contributed by atoms with Gasteiger partial charge in [-0.1, -0.05) is 12.1 Å². The first kappa shape index (κ1) is 17.6. The van der Waals surface area contributed by atoms with Gasteiger partial charge in [0.15, 0.2) is 0 Å². The van der Waals surface area contributed by atoms with Gasteiger partial charge in [0.05, 0.1) is 6.04 Å². The second kappa shape index (κ2) is 6.77. The van der Waals surface area contributed by atoms with E-state index in [1.165, 1.54) is 24.1 Å². The molecule has 0 aliphatic carbocycles. The van der Waals surface area contributed by atoms with Gasteiger partial charge in [0.1, 0.15) is 12.4 Å². The summed E-state index contributed by atoms with van der Waals surface area (Å²) in [5, 5.41) is 0. The van der Waals surface area contributed by atoms with Crippen molar-refractivity contribution in [2.75, 3.05) is 20.1 Å². The smallest absolute Gasteiger partial charge is 0.334 e. The number of likely N-dealkylation sites (N-methyl/N-ethyl adjacent to an activating group) is 2. The number of imide groups is 2. The second-order valence-corrected chi connectivity index (χ2v) is 5.46. The van der Waals surface area contributed by atoms with Crippen LogP contribution in [-0.2, 0) is 14.4 Å². The molecule has 1 heterocycles. The molecule has 0 bridgehead atoms. The predicted octanol–water partition coefficient (Wildman–Crippen LogP) is 1.16. The minimum Gasteiger partial charge on any atom is -0.337 e. The zero-order valence-corrected chi connectivity index (χ0v) is 13.7. The van der Waals surface area contributed by atoms with Gasteiger partial charge in [0.2, 0.25) is 5.91 Å². The van der Waals surface area contributed by atoms with Crippen molar-refractivity contribution in [1.82, 2.24) is 14.7 Å². The van der Waals surface area contributed by atoms with E-state index in [9.17, 15) is 23.6 Å². The molecular weight excluding hydrogens is 317 g/mol. The fourth-order valence-corrected chi connectivity index (χ4v) is 2.40. The fourth-order valence-electron chi connectivity index (χ4n) is 2.40. The molecule has 1 aromatic rings. The maximum Gasteiger partial charge on any atom is 0.334 e. The number of carbonyl (C=O) groups is 4. The average molecular weight is 335 g/mol. The molecule has 0 saturated carbocycles. The molecule has 1 aliphatic rings. The molecule has 1 aromatic carbocycles. The van der Waals surface area contributed by atoms with Gasteiger partial charge in [-0.3, -0.25) is 19.3 Å². The van der Waals surface area contributed by atoms with Crippen LogP contribution in [0.4, 0.5) is 9.18 Å². The number of hydrogen-bond donors (Lipinski definition) is 0. The van der Waals surface area contributed by atoms with Crippen LogP contribution in [0.5, 0.6) is 0 Å². The van der Waals surface area contributed by atoms with Crippen molar-refractivity contribution < 1.29 is 23.6 Å². The van der Waals surface area contributed by atoms with Gasteiger partial charge in [-0.25, -0.2) is 14.1 Å². The minimum absolute atomic E-state index is 0.0654. The van der Waals surface area contributed by atoms with E-state index in [0.717, 1.165) is 4.90 Å². The summed E-state index contributed by atoms with van der Waals surface area (Å²) in [6.45, 7) is 2.86. The number of rotatable bonds is 5. The Bertz CT molecular complexity index is 689. The molecule has 24 heavy (non-hydrogen) atoms. The third-order valence-corrected chi connectivity index (χ3v) is 4.07. The van der Waals surface area contributed by atoms with E-state index in [2.05, 4.69) is 0 Å². The molecular formula is C16H18FN3O4. The highest BCUT2D eigenvalue weighted by Gasteiger charge is 2.44. The number of nitrogens with zero attached hydrogens (tertiary/aromatic N) is 3. The molecule has 128 valence electrons. The fraction of sp³-hybridized carbons (Fsp3) is 0.375. The highest BCUT2D eigenvalue weighted by Crippen LogP contribution is 2.20. The lowest BCUT2D eigenvalue weighted by molar-refractivity contribution is -0.145. The Morgan fingerprint density at radius 3 is 2.17 bits per heavy atom. The predicted molar refractivity (Wildman–Crippen MR) is 82.1 cm³/mol. The average Bonchev–Trinajstić information content (AvgIpc) is 2.77. The van der Waals surface area contributed by atoms with Gasteiger partial charge < -0.3 is 4.90 Å². The Balaban J connectivity index is 2.09. The first-order valence-electron chi connectivity index (χ1n) is 7.46. The van der Waals surface area contributed by atoms with Crippen LogP contribution >= 0.6 is 0 Å². The molecule has 1 saturated heterocycles. The van der Waals surface area contributed by atoms with Gasteiger partial charge in [-0.2, -0.15) is 0 Å². The molecule has 5 amide bonds. The van der Waals surface area contributed by atoms with E-state index in [1.54, 1.807) is 26.0 Å². The van der Waals surface area contributed by atoms with Crippen LogP contribution in [0.25, 0.3) is 0 Å². The lowest BCUT2D eigenvalue weighted by atomic mass is 10.1. The monoisotopic (exact) mass is 335 g/mol. The summed E-state index contributed by atoms with van der Waals surface area (Å²) < 4.78 is 13.0. The van der Waals surface area contributed by atoms with Crippen molar-refractivity contribution in [3.63, 3.8) is 0 Å². The lowest BCUT2D eigenvalue weighted by Crippen LogP contribution is -2.42. The molecule has 1 aliphatic heterocycles. The van der Waals surface area contributed by atoms with Crippen LogP contribution in [0.2, 0.25) is 0 Å². The summed E-state index contributed by atoms with van der Waals surface area (Å²) in [7, 11) is 1.51. The second-order valence-electron chi connectivity index (χ2n) is 5.46. The van der Waals surface area contributed by atoms with Crippen LogP contribution in [0, 0.1) is 5.82 Å². The summed E-state index contributed by atoms with van der Waals surface area (Å²) >= 11 is 0. The normalized spacial score (nSPS) is 15.9. The third-order valence-electron chi connectivity index (χ3n) is 4.07. The van der Waals surface area contributed by atoms with Crippen LogP contribution < -0.4 is 0 Å². The maximum absolute atomic E-state index is 13.0. The Morgan fingerprint density at radius 1 is 1.12 bits per heavy atom. The van der Waals surface area contributed by atoms with E-state index in [1.807, 2.05) is 0 Å². The Kier molecular flexibility index (Phi) is 4.96. The van der Waals surface area contributed by atoms with Crippen molar-refractivity contribution in [3.05, 3.63) is 35.6 Å². The molecule has 0 unspecified atom stereocenters. The number of halogens is 1. The summed E-state index contributed by atoms with van der Waals surface area (Å²) in [5.74, 6) is -2.81. The van der Waals surface area contributed by atoms with Crippen molar-refractivity contribution in [1.29, 1.82) is 0 Å². The highest BCUT2D eigenvalue weighted by atomic mass is 19.1. The molecule has 0 aromatic heterocycles.